The SMILES string of the molecule is CC(C)=C1C(=O)N2C[C@@H]3O[C@H](c4ccccc4)OC[C@H]3O[C@@H]12. The lowest BCUT2D eigenvalue weighted by atomic mass is 9.94. The van der Waals surface area contributed by atoms with E-state index in [2.05, 4.69) is 0 Å². The van der Waals surface area contributed by atoms with Crippen LogP contribution in [0.25, 0.3) is 0 Å². The Morgan fingerprint density at radius 2 is 1.91 bits per heavy atom. The maximum absolute atomic E-state index is 12.2. The van der Waals surface area contributed by atoms with Gasteiger partial charge in [-0.3, -0.25) is 4.79 Å². The van der Waals surface area contributed by atoms with Gasteiger partial charge in [-0.05, 0) is 13.8 Å². The molecule has 4 rings (SSSR count). The second-order valence-corrected chi connectivity index (χ2v) is 6.15. The van der Waals surface area contributed by atoms with E-state index in [1.807, 2.05) is 44.2 Å². The van der Waals surface area contributed by atoms with Crippen molar-refractivity contribution in [1.29, 1.82) is 0 Å². The summed E-state index contributed by atoms with van der Waals surface area (Å²) in [5, 5.41) is 0. The Balaban J connectivity index is 1.50. The quantitative estimate of drug-likeness (QED) is 0.588. The molecule has 1 aromatic carbocycles. The van der Waals surface area contributed by atoms with Crippen molar-refractivity contribution in [3.63, 3.8) is 0 Å². The Morgan fingerprint density at radius 3 is 2.64 bits per heavy atom. The van der Waals surface area contributed by atoms with Crippen LogP contribution in [0.15, 0.2) is 41.5 Å². The number of allylic oxidation sites excluding steroid dienone is 1. The molecule has 116 valence electrons. The fraction of sp³-hybridized carbons (Fsp3) is 0.471. The highest BCUT2D eigenvalue weighted by molar-refractivity contribution is 6.02. The van der Waals surface area contributed by atoms with Gasteiger partial charge in [0.2, 0.25) is 0 Å². The van der Waals surface area contributed by atoms with Crippen molar-refractivity contribution in [3.05, 3.63) is 47.0 Å². The minimum Gasteiger partial charge on any atom is -0.346 e. The summed E-state index contributed by atoms with van der Waals surface area (Å²) >= 11 is 0. The molecule has 0 aliphatic carbocycles. The van der Waals surface area contributed by atoms with E-state index in [-0.39, 0.29) is 30.6 Å². The topological polar surface area (TPSA) is 48.0 Å². The summed E-state index contributed by atoms with van der Waals surface area (Å²) in [7, 11) is 0. The average Bonchev–Trinajstić information content (AvgIpc) is 2.54. The first-order valence-electron chi connectivity index (χ1n) is 7.61. The van der Waals surface area contributed by atoms with Crippen LogP contribution >= 0.6 is 0 Å². The predicted molar refractivity (Wildman–Crippen MR) is 78.8 cm³/mol. The Labute approximate surface area is 129 Å². The van der Waals surface area contributed by atoms with Gasteiger partial charge in [0.05, 0.1) is 18.7 Å². The summed E-state index contributed by atoms with van der Waals surface area (Å²) in [5.41, 5.74) is 2.79. The number of amides is 1. The first-order chi connectivity index (χ1) is 10.6. The van der Waals surface area contributed by atoms with Gasteiger partial charge in [-0.25, -0.2) is 0 Å². The summed E-state index contributed by atoms with van der Waals surface area (Å²) in [5.74, 6) is 0.0646. The van der Waals surface area contributed by atoms with Crippen LogP contribution in [0.2, 0.25) is 0 Å². The summed E-state index contributed by atoms with van der Waals surface area (Å²) < 4.78 is 17.8. The first-order valence-corrected chi connectivity index (χ1v) is 7.61. The van der Waals surface area contributed by atoms with E-state index in [1.165, 1.54) is 0 Å². The first kappa shape index (κ1) is 13.9. The molecule has 0 saturated carbocycles. The van der Waals surface area contributed by atoms with Crippen molar-refractivity contribution in [3.8, 4) is 0 Å². The average molecular weight is 301 g/mol. The molecule has 0 radical (unpaired) electrons. The van der Waals surface area contributed by atoms with Crippen LogP contribution in [-0.2, 0) is 19.0 Å². The van der Waals surface area contributed by atoms with Crippen LogP contribution in [0.3, 0.4) is 0 Å². The van der Waals surface area contributed by atoms with Gasteiger partial charge < -0.3 is 19.1 Å². The van der Waals surface area contributed by atoms with Crippen molar-refractivity contribution < 1.29 is 19.0 Å². The molecule has 3 aliphatic heterocycles. The van der Waals surface area contributed by atoms with E-state index in [0.717, 1.165) is 16.7 Å². The van der Waals surface area contributed by atoms with Crippen molar-refractivity contribution in [1.82, 2.24) is 4.90 Å². The molecule has 0 spiro atoms. The van der Waals surface area contributed by atoms with Crippen LogP contribution in [0.4, 0.5) is 0 Å². The van der Waals surface area contributed by atoms with Gasteiger partial charge in [-0.2, -0.15) is 0 Å². The predicted octanol–water partition coefficient (Wildman–Crippen LogP) is 2.00. The van der Waals surface area contributed by atoms with Gasteiger partial charge in [0.15, 0.2) is 12.5 Å². The lowest BCUT2D eigenvalue weighted by Gasteiger charge is -2.52. The number of nitrogens with zero attached hydrogens (tertiary/aromatic N) is 1. The van der Waals surface area contributed by atoms with Gasteiger partial charge in [0.1, 0.15) is 12.2 Å². The van der Waals surface area contributed by atoms with E-state index in [1.54, 1.807) is 4.90 Å². The van der Waals surface area contributed by atoms with Crippen molar-refractivity contribution in [2.45, 2.75) is 38.6 Å². The lowest BCUT2D eigenvalue weighted by Crippen LogP contribution is -2.67. The molecule has 4 atom stereocenters. The van der Waals surface area contributed by atoms with Crippen molar-refractivity contribution in [2.24, 2.45) is 0 Å². The van der Waals surface area contributed by atoms with E-state index in [4.69, 9.17) is 14.2 Å². The molecular formula is C17H19NO4. The van der Waals surface area contributed by atoms with Gasteiger partial charge >= 0.3 is 0 Å². The molecule has 3 aliphatic rings. The highest BCUT2D eigenvalue weighted by Crippen LogP contribution is 2.39. The molecule has 1 aromatic rings. The van der Waals surface area contributed by atoms with Gasteiger partial charge in [0, 0.05) is 5.56 Å². The zero-order valence-electron chi connectivity index (χ0n) is 12.7. The minimum absolute atomic E-state index is 0.0646. The minimum atomic E-state index is -0.387. The number of benzene rings is 1. The van der Waals surface area contributed by atoms with E-state index >= 15 is 0 Å². The van der Waals surface area contributed by atoms with Crippen LogP contribution in [-0.4, -0.2) is 42.4 Å². The molecule has 0 N–H and O–H groups in total. The largest absolute Gasteiger partial charge is 0.346 e. The molecule has 0 aromatic heterocycles. The van der Waals surface area contributed by atoms with Crippen LogP contribution in [0, 0.1) is 0 Å². The molecule has 0 bridgehead atoms. The zero-order chi connectivity index (χ0) is 15.3. The summed E-state index contributed by atoms with van der Waals surface area (Å²) in [6.07, 6.45) is -0.873. The number of rotatable bonds is 1. The smallest absolute Gasteiger partial charge is 0.256 e. The highest BCUT2D eigenvalue weighted by Gasteiger charge is 2.52. The number of hydrogen-bond donors (Lipinski definition) is 0. The Bertz CT molecular complexity index is 623. The molecule has 5 nitrogen and oxygen atoms in total. The van der Waals surface area contributed by atoms with E-state index in [9.17, 15) is 4.79 Å². The Morgan fingerprint density at radius 1 is 1.14 bits per heavy atom. The summed E-state index contributed by atoms with van der Waals surface area (Å²) in [6.45, 7) is 4.94. The fourth-order valence-corrected chi connectivity index (χ4v) is 3.24. The third-order valence-electron chi connectivity index (χ3n) is 4.44. The molecule has 3 fully saturated rings. The fourth-order valence-electron chi connectivity index (χ4n) is 3.24. The zero-order valence-corrected chi connectivity index (χ0v) is 12.7. The number of β-lactam (4-membered cyclic amide) rings is 1. The molecular weight excluding hydrogens is 282 g/mol. The molecule has 22 heavy (non-hydrogen) atoms. The highest BCUT2D eigenvalue weighted by atomic mass is 16.7. The Kier molecular flexibility index (Phi) is 3.29. The molecule has 5 heteroatoms. The van der Waals surface area contributed by atoms with Crippen molar-refractivity contribution >= 4 is 5.91 Å². The van der Waals surface area contributed by atoms with Crippen molar-refractivity contribution in [2.75, 3.05) is 13.2 Å². The van der Waals surface area contributed by atoms with Crippen LogP contribution < -0.4 is 0 Å². The number of fused-ring (bicyclic) bond motifs is 2. The summed E-state index contributed by atoms with van der Waals surface area (Å²) in [6, 6.07) is 9.84. The van der Waals surface area contributed by atoms with Crippen LogP contribution in [0.1, 0.15) is 25.7 Å². The second kappa shape index (κ2) is 5.19. The Hall–Kier alpha value is -1.69. The maximum atomic E-state index is 12.2. The molecule has 1 amide bonds. The molecule has 3 heterocycles. The van der Waals surface area contributed by atoms with Crippen LogP contribution in [0.5, 0.6) is 0 Å². The third kappa shape index (κ3) is 2.08. The van der Waals surface area contributed by atoms with Gasteiger partial charge in [-0.15, -0.1) is 0 Å². The van der Waals surface area contributed by atoms with E-state index in [0.29, 0.717) is 13.2 Å². The van der Waals surface area contributed by atoms with E-state index < -0.39 is 0 Å². The number of ether oxygens (including phenoxy) is 3. The van der Waals surface area contributed by atoms with Gasteiger partial charge in [0.25, 0.3) is 5.91 Å². The number of hydrogen-bond acceptors (Lipinski definition) is 4. The number of carbonyl (C=O) groups excluding carboxylic acids is 1. The van der Waals surface area contributed by atoms with Gasteiger partial charge in [-0.1, -0.05) is 35.9 Å². The lowest BCUT2D eigenvalue weighted by molar-refractivity contribution is -0.307. The number of carbonyl (C=O) groups is 1. The molecule has 3 saturated heterocycles. The maximum Gasteiger partial charge on any atom is 0.256 e. The molecule has 0 unspecified atom stereocenters. The third-order valence-corrected chi connectivity index (χ3v) is 4.44. The summed E-state index contributed by atoms with van der Waals surface area (Å²) in [4.78, 5) is 13.9. The normalized spacial score (nSPS) is 33.8. The monoisotopic (exact) mass is 301 g/mol. The standard InChI is InChI=1S/C17H19NO4/c1-10(2)14-15(19)18-8-12-13(21-16(14)18)9-20-17(22-12)11-6-4-3-5-7-11/h3-7,12-13,16-17H,8-9H2,1-2H3/t12-,13+,16-,17+/m0/s1. The second-order valence-electron chi connectivity index (χ2n) is 6.15.